The van der Waals surface area contributed by atoms with E-state index in [1.165, 1.54) is 31.5 Å². The average Bonchev–Trinajstić information content (AvgIpc) is 2.60. The Morgan fingerprint density at radius 1 is 1.17 bits per heavy atom. The van der Waals surface area contributed by atoms with Gasteiger partial charge < -0.3 is 15.0 Å². The smallest absolute Gasteiger partial charge is 0.119 e. The van der Waals surface area contributed by atoms with Gasteiger partial charge in [0.2, 0.25) is 0 Å². The third-order valence-corrected chi connectivity index (χ3v) is 4.58. The number of hydrogen-bond donors (Lipinski definition) is 1. The van der Waals surface area contributed by atoms with Crippen LogP contribution >= 0.6 is 0 Å². The van der Waals surface area contributed by atoms with Crippen LogP contribution in [0.4, 0.5) is 0 Å². The summed E-state index contributed by atoms with van der Waals surface area (Å²) in [6, 6.07) is 9.07. The molecule has 0 aromatic heterocycles. The van der Waals surface area contributed by atoms with E-state index in [1.54, 1.807) is 7.11 Å². The summed E-state index contributed by atoms with van der Waals surface area (Å²) in [4.78, 5) is 5.25. The van der Waals surface area contributed by atoms with Crippen molar-refractivity contribution in [1.29, 1.82) is 0 Å². The van der Waals surface area contributed by atoms with Crippen molar-refractivity contribution < 1.29 is 4.74 Å². The van der Waals surface area contributed by atoms with Crippen LogP contribution in [0.1, 0.15) is 38.3 Å². The Morgan fingerprint density at radius 2 is 1.87 bits per heavy atom. The molecule has 1 fully saturated rings. The molecule has 1 N–H and O–H groups in total. The van der Waals surface area contributed by atoms with E-state index >= 15 is 0 Å². The average molecular weight is 319 g/mol. The number of nitrogens with zero attached hydrogens (tertiary/aromatic N) is 2. The highest BCUT2D eigenvalue weighted by atomic mass is 16.5. The van der Waals surface area contributed by atoms with Gasteiger partial charge in [-0.1, -0.05) is 26.0 Å². The maximum atomic E-state index is 5.45. The van der Waals surface area contributed by atoms with Gasteiger partial charge in [0.25, 0.3) is 0 Å². The highest BCUT2D eigenvalue weighted by Gasteiger charge is 2.24. The molecule has 1 aromatic rings. The van der Waals surface area contributed by atoms with Crippen LogP contribution in [0.5, 0.6) is 5.75 Å². The Kier molecular flexibility index (Phi) is 7.86. The molecule has 0 spiro atoms. The molecule has 1 saturated heterocycles. The van der Waals surface area contributed by atoms with Gasteiger partial charge in [0, 0.05) is 38.8 Å². The molecule has 23 heavy (non-hydrogen) atoms. The van der Waals surface area contributed by atoms with Crippen molar-refractivity contribution in [2.24, 2.45) is 0 Å². The van der Waals surface area contributed by atoms with Crippen LogP contribution in [0, 0.1) is 0 Å². The van der Waals surface area contributed by atoms with E-state index < -0.39 is 0 Å². The number of hydrogen-bond acceptors (Lipinski definition) is 4. The molecule has 4 heteroatoms. The maximum Gasteiger partial charge on any atom is 0.119 e. The number of methoxy groups -OCH3 is 1. The van der Waals surface area contributed by atoms with Crippen LogP contribution in [0.2, 0.25) is 0 Å². The molecule has 1 atom stereocenters. The van der Waals surface area contributed by atoms with Gasteiger partial charge in [0.1, 0.15) is 5.75 Å². The molecular weight excluding hydrogens is 286 g/mol. The minimum absolute atomic E-state index is 0.449. The lowest BCUT2D eigenvalue weighted by atomic mass is 10.0. The molecule has 1 aliphatic rings. The largest absolute Gasteiger partial charge is 0.497 e. The molecule has 130 valence electrons. The maximum absolute atomic E-state index is 5.45. The van der Waals surface area contributed by atoms with Crippen LogP contribution < -0.4 is 10.1 Å². The normalized spacial score (nSPS) is 17.4. The van der Waals surface area contributed by atoms with Gasteiger partial charge >= 0.3 is 0 Å². The fraction of sp³-hybridized carbons (Fsp3) is 0.684. The van der Waals surface area contributed by atoms with Gasteiger partial charge in [0.05, 0.1) is 7.11 Å². The van der Waals surface area contributed by atoms with Crippen molar-refractivity contribution in [1.82, 2.24) is 15.1 Å². The summed E-state index contributed by atoms with van der Waals surface area (Å²) in [5.74, 6) is 0.958. The highest BCUT2D eigenvalue weighted by Crippen LogP contribution is 2.26. The van der Waals surface area contributed by atoms with Crippen molar-refractivity contribution in [3.63, 3.8) is 0 Å². The lowest BCUT2D eigenvalue weighted by molar-refractivity contribution is 0.124. The monoisotopic (exact) mass is 319 g/mol. The Balaban J connectivity index is 2.18. The second kappa shape index (κ2) is 9.91. The topological polar surface area (TPSA) is 27.7 Å². The van der Waals surface area contributed by atoms with E-state index in [2.05, 4.69) is 47.2 Å². The third-order valence-electron chi connectivity index (χ3n) is 4.58. The molecule has 0 saturated carbocycles. The van der Waals surface area contributed by atoms with Crippen molar-refractivity contribution in [3.05, 3.63) is 29.8 Å². The molecule has 2 rings (SSSR count). The summed E-state index contributed by atoms with van der Waals surface area (Å²) < 4.78 is 5.45. The number of ether oxygens (including phenoxy) is 1. The molecule has 1 heterocycles. The predicted octanol–water partition coefficient (Wildman–Crippen LogP) is 2.76. The minimum atomic E-state index is 0.449. The Morgan fingerprint density at radius 3 is 2.48 bits per heavy atom. The van der Waals surface area contributed by atoms with E-state index in [-0.39, 0.29) is 0 Å². The fourth-order valence-electron chi connectivity index (χ4n) is 3.45. The first-order valence-electron chi connectivity index (χ1n) is 9.09. The Labute approximate surface area is 141 Å². The zero-order chi connectivity index (χ0) is 16.5. The van der Waals surface area contributed by atoms with Crippen LogP contribution in [0.3, 0.4) is 0 Å². The van der Waals surface area contributed by atoms with Gasteiger partial charge in [-0.25, -0.2) is 0 Å². The number of benzene rings is 1. The molecule has 1 unspecified atom stereocenters. The van der Waals surface area contributed by atoms with E-state index in [9.17, 15) is 0 Å². The van der Waals surface area contributed by atoms with E-state index in [4.69, 9.17) is 4.74 Å². The van der Waals surface area contributed by atoms with Crippen molar-refractivity contribution in [2.75, 3.05) is 52.9 Å². The van der Waals surface area contributed by atoms with E-state index in [1.807, 2.05) is 6.07 Å². The van der Waals surface area contributed by atoms with E-state index in [0.29, 0.717) is 6.04 Å². The zero-order valence-electron chi connectivity index (χ0n) is 15.1. The SMILES string of the molecule is CCCN(CCC)CC(c1cccc(OC)c1)N1CCNCC1. The van der Waals surface area contributed by atoms with Gasteiger partial charge in [-0.05, 0) is 43.6 Å². The Hall–Kier alpha value is -1.10. The van der Waals surface area contributed by atoms with Gasteiger partial charge in [0.15, 0.2) is 0 Å². The summed E-state index contributed by atoms with van der Waals surface area (Å²) in [7, 11) is 1.75. The van der Waals surface area contributed by atoms with Gasteiger partial charge in [-0.2, -0.15) is 0 Å². The second-order valence-corrected chi connectivity index (χ2v) is 6.38. The molecule has 4 nitrogen and oxygen atoms in total. The van der Waals surface area contributed by atoms with Crippen molar-refractivity contribution in [3.8, 4) is 5.75 Å². The number of piperazine rings is 1. The first-order valence-corrected chi connectivity index (χ1v) is 9.09. The predicted molar refractivity (Wildman–Crippen MR) is 97.2 cm³/mol. The van der Waals surface area contributed by atoms with Crippen LogP contribution in [0.15, 0.2) is 24.3 Å². The zero-order valence-corrected chi connectivity index (χ0v) is 15.1. The van der Waals surface area contributed by atoms with E-state index in [0.717, 1.165) is 38.5 Å². The molecule has 1 aliphatic heterocycles. The first kappa shape index (κ1) is 18.2. The fourth-order valence-corrected chi connectivity index (χ4v) is 3.45. The summed E-state index contributed by atoms with van der Waals surface area (Å²) in [6.45, 7) is 12.4. The summed E-state index contributed by atoms with van der Waals surface area (Å²) in [5, 5.41) is 3.47. The van der Waals surface area contributed by atoms with Gasteiger partial charge in [-0.15, -0.1) is 0 Å². The summed E-state index contributed by atoms with van der Waals surface area (Å²) >= 11 is 0. The van der Waals surface area contributed by atoms with Crippen molar-refractivity contribution >= 4 is 0 Å². The second-order valence-electron chi connectivity index (χ2n) is 6.38. The minimum Gasteiger partial charge on any atom is -0.497 e. The summed E-state index contributed by atoms with van der Waals surface area (Å²) in [6.07, 6.45) is 2.43. The molecule has 1 aromatic carbocycles. The molecule has 0 aliphatic carbocycles. The van der Waals surface area contributed by atoms with Crippen LogP contribution in [0.25, 0.3) is 0 Å². The first-order chi connectivity index (χ1) is 11.3. The standard InChI is InChI=1S/C19H33N3O/c1-4-11-21(12-5-2)16-19(22-13-9-20-10-14-22)17-7-6-8-18(15-17)23-3/h6-8,15,19-20H,4-5,9-14,16H2,1-3H3. The van der Waals surface area contributed by atoms with Crippen LogP contribution in [-0.2, 0) is 0 Å². The quantitative estimate of drug-likeness (QED) is 0.757. The van der Waals surface area contributed by atoms with Crippen LogP contribution in [-0.4, -0.2) is 62.7 Å². The third kappa shape index (κ3) is 5.48. The highest BCUT2D eigenvalue weighted by molar-refractivity contribution is 5.31. The number of rotatable bonds is 9. The molecule has 0 amide bonds. The number of nitrogens with one attached hydrogen (secondary N) is 1. The van der Waals surface area contributed by atoms with Gasteiger partial charge in [-0.3, -0.25) is 4.90 Å². The lowest BCUT2D eigenvalue weighted by Gasteiger charge is -2.38. The summed E-state index contributed by atoms with van der Waals surface area (Å²) in [5.41, 5.74) is 1.38. The lowest BCUT2D eigenvalue weighted by Crippen LogP contribution is -2.48. The molecule has 0 radical (unpaired) electrons. The van der Waals surface area contributed by atoms with Crippen molar-refractivity contribution in [2.45, 2.75) is 32.7 Å². The molecule has 0 bridgehead atoms. The Bertz CT molecular complexity index is 440. The molecular formula is C19H33N3O.